The van der Waals surface area contributed by atoms with Crippen molar-refractivity contribution in [3.05, 3.63) is 59.5 Å². The van der Waals surface area contributed by atoms with E-state index in [0.29, 0.717) is 55.4 Å². The summed E-state index contributed by atoms with van der Waals surface area (Å²) in [6.45, 7) is 5.49. The molecule has 2 N–H and O–H groups in total. The Morgan fingerprint density at radius 3 is 2.39 bits per heavy atom. The maximum absolute atomic E-state index is 12.6. The van der Waals surface area contributed by atoms with Crippen LogP contribution in [0.4, 0.5) is 0 Å². The summed E-state index contributed by atoms with van der Waals surface area (Å²) < 4.78 is 11.7. The highest BCUT2D eigenvalue weighted by Crippen LogP contribution is 2.71. The first-order valence-corrected chi connectivity index (χ1v) is 15.7. The van der Waals surface area contributed by atoms with Crippen LogP contribution in [-0.4, -0.2) is 51.8 Å². The van der Waals surface area contributed by atoms with E-state index in [0.717, 1.165) is 50.5 Å². The number of furan rings is 1. The SMILES string of the molecule is C[C@]12CCC(OCCCN3C(=O)c4ccccc4C3=O)CC1CC[C@@H]1[C@H]2CC[C@]2(C)C(O)(c3ccoc3)CC[C@@]12O. The van der Waals surface area contributed by atoms with Gasteiger partial charge < -0.3 is 19.4 Å². The largest absolute Gasteiger partial charge is 0.472 e. The third-order valence-electron chi connectivity index (χ3n) is 12.7. The summed E-state index contributed by atoms with van der Waals surface area (Å²) in [4.78, 5) is 26.6. The number of benzene rings is 1. The summed E-state index contributed by atoms with van der Waals surface area (Å²) in [5.74, 6) is 0.792. The van der Waals surface area contributed by atoms with Gasteiger partial charge in [-0.05, 0) is 106 Å². The molecule has 2 heterocycles. The minimum atomic E-state index is -1.06. The van der Waals surface area contributed by atoms with Gasteiger partial charge in [0.1, 0.15) is 5.60 Å². The first-order chi connectivity index (χ1) is 19.6. The van der Waals surface area contributed by atoms with Gasteiger partial charge >= 0.3 is 0 Å². The van der Waals surface area contributed by atoms with Crippen LogP contribution in [-0.2, 0) is 10.3 Å². The highest BCUT2D eigenvalue weighted by Gasteiger charge is 2.72. The molecule has 8 atom stereocenters. The molecule has 41 heavy (non-hydrogen) atoms. The maximum atomic E-state index is 12.6. The molecule has 7 nitrogen and oxygen atoms in total. The number of carbonyl (C=O) groups excluding carboxylic acids is 2. The number of fused-ring (bicyclic) bond motifs is 6. The molecule has 0 radical (unpaired) electrons. The minimum absolute atomic E-state index is 0.163. The van der Waals surface area contributed by atoms with E-state index in [1.807, 2.05) is 6.07 Å². The van der Waals surface area contributed by atoms with Gasteiger partial charge in [-0.2, -0.15) is 0 Å². The molecule has 220 valence electrons. The second kappa shape index (κ2) is 9.51. The van der Waals surface area contributed by atoms with Crippen LogP contribution in [0.25, 0.3) is 0 Å². The van der Waals surface area contributed by atoms with Crippen LogP contribution in [0.5, 0.6) is 0 Å². The zero-order chi connectivity index (χ0) is 28.6. The molecule has 1 aromatic carbocycles. The quantitative estimate of drug-likeness (QED) is 0.347. The Labute approximate surface area is 242 Å². The van der Waals surface area contributed by atoms with Crippen LogP contribution in [0.1, 0.15) is 104 Å². The van der Waals surface area contributed by atoms with Crippen molar-refractivity contribution < 1.29 is 29.0 Å². The topological polar surface area (TPSA) is 100 Å². The summed E-state index contributed by atoms with van der Waals surface area (Å²) in [5.41, 5.74) is -0.572. The van der Waals surface area contributed by atoms with Crippen LogP contribution >= 0.6 is 0 Å². The van der Waals surface area contributed by atoms with Gasteiger partial charge in [-0.15, -0.1) is 0 Å². The molecule has 0 saturated heterocycles. The van der Waals surface area contributed by atoms with Gasteiger partial charge in [-0.1, -0.05) is 26.0 Å². The van der Waals surface area contributed by atoms with Gasteiger partial charge in [0.2, 0.25) is 0 Å². The Balaban J connectivity index is 0.973. The highest BCUT2D eigenvalue weighted by atomic mass is 16.5. The molecule has 7 rings (SSSR count). The van der Waals surface area contributed by atoms with E-state index < -0.39 is 16.6 Å². The molecule has 4 fully saturated rings. The fourth-order valence-corrected chi connectivity index (χ4v) is 10.2. The Kier molecular flexibility index (Phi) is 6.35. The van der Waals surface area contributed by atoms with E-state index >= 15 is 0 Å². The third kappa shape index (κ3) is 3.74. The van der Waals surface area contributed by atoms with Crippen molar-refractivity contribution >= 4 is 11.8 Å². The summed E-state index contributed by atoms with van der Waals surface area (Å²) in [6.07, 6.45) is 12.3. The molecule has 1 aliphatic heterocycles. The lowest BCUT2D eigenvalue weighted by atomic mass is 9.43. The fourth-order valence-electron chi connectivity index (χ4n) is 10.2. The lowest BCUT2D eigenvalue weighted by molar-refractivity contribution is -0.239. The summed E-state index contributed by atoms with van der Waals surface area (Å²) in [6, 6.07) is 8.89. The lowest BCUT2D eigenvalue weighted by Gasteiger charge is -2.64. The van der Waals surface area contributed by atoms with E-state index in [1.165, 1.54) is 4.90 Å². The standard InChI is InChI=1S/C34H43NO6/c1-31-13-10-24(41-18-5-17-35-29(36)25-6-3-4-7-26(25)30(35)37)20-22(31)8-9-28-27(31)11-14-32(2)33(38,15-16-34(28,32)39)23-12-19-40-21-23/h3-4,6-7,12,19,21-22,24,27-28,38-39H,5,8-11,13-18,20H2,1-2H3/t22?,24?,27-,28-,31+,32-,33?,34-/m1/s1. The van der Waals surface area contributed by atoms with E-state index in [-0.39, 0.29) is 29.3 Å². The predicted octanol–water partition coefficient (Wildman–Crippen LogP) is 5.70. The van der Waals surface area contributed by atoms with Crippen molar-refractivity contribution in [2.24, 2.45) is 28.6 Å². The Bertz CT molecular complexity index is 1310. The minimum Gasteiger partial charge on any atom is -0.472 e. The van der Waals surface area contributed by atoms with Crippen molar-refractivity contribution in [2.75, 3.05) is 13.2 Å². The number of amides is 2. The average molecular weight is 562 g/mol. The summed E-state index contributed by atoms with van der Waals surface area (Å²) >= 11 is 0. The monoisotopic (exact) mass is 561 g/mol. The number of imide groups is 1. The highest BCUT2D eigenvalue weighted by molar-refractivity contribution is 6.21. The normalized spacial score (nSPS) is 41.6. The number of rotatable bonds is 6. The second-order valence-electron chi connectivity index (χ2n) is 14.1. The zero-order valence-electron chi connectivity index (χ0n) is 24.3. The second-order valence-corrected chi connectivity index (χ2v) is 14.1. The Hall–Kier alpha value is -2.48. The molecule has 0 spiro atoms. The molecule has 2 amide bonds. The van der Waals surface area contributed by atoms with Crippen molar-refractivity contribution in [3.63, 3.8) is 0 Å². The fraction of sp³-hybridized carbons (Fsp3) is 0.647. The van der Waals surface area contributed by atoms with Crippen molar-refractivity contribution in [3.8, 4) is 0 Å². The van der Waals surface area contributed by atoms with E-state index in [1.54, 1.807) is 36.8 Å². The third-order valence-corrected chi connectivity index (χ3v) is 12.7. The zero-order valence-corrected chi connectivity index (χ0v) is 24.3. The van der Waals surface area contributed by atoms with Gasteiger partial charge in [-0.25, -0.2) is 0 Å². The van der Waals surface area contributed by atoms with Crippen LogP contribution in [0, 0.1) is 28.6 Å². The van der Waals surface area contributed by atoms with Crippen molar-refractivity contribution in [1.82, 2.24) is 4.90 Å². The predicted molar refractivity (Wildman–Crippen MR) is 152 cm³/mol. The summed E-state index contributed by atoms with van der Waals surface area (Å²) in [7, 11) is 0. The molecule has 4 aliphatic carbocycles. The number of hydrogen-bond donors (Lipinski definition) is 2. The number of aliphatic hydroxyl groups is 2. The van der Waals surface area contributed by atoms with Crippen LogP contribution in [0.15, 0.2) is 47.3 Å². The van der Waals surface area contributed by atoms with Gasteiger partial charge in [0.15, 0.2) is 0 Å². The van der Waals surface area contributed by atoms with Crippen LogP contribution in [0.2, 0.25) is 0 Å². The molecular formula is C34H43NO6. The molecule has 0 bridgehead atoms. The molecule has 4 saturated carbocycles. The van der Waals surface area contributed by atoms with Gasteiger partial charge in [0, 0.05) is 24.1 Å². The van der Waals surface area contributed by atoms with Crippen molar-refractivity contribution in [1.29, 1.82) is 0 Å². The van der Waals surface area contributed by atoms with Crippen molar-refractivity contribution in [2.45, 2.75) is 95.4 Å². The maximum Gasteiger partial charge on any atom is 0.261 e. The first-order valence-electron chi connectivity index (χ1n) is 15.7. The van der Waals surface area contributed by atoms with E-state index in [2.05, 4.69) is 13.8 Å². The van der Waals surface area contributed by atoms with Gasteiger partial charge in [-0.3, -0.25) is 14.5 Å². The number of ether oxygens (including phenoxy) is 1. The lowest BCUT2D eigenvalue weighted by Crippen LogP contribution is -2.64. The van der Waals surface area contributed by atoms with E-state index in [4.69, 9.17) is 9.15 Å². The molecular weight excluding hydrogens is 518 g/mol. The number of hydrogen-bond acceptors (Lipinski definition) is 6. The number of carbonyl (C=O) groups is 2. The average Bonchev–Trinajstić information content (AvgIpc) is 3.65. The molecule has 2 aromatic rings. The van der Waals surface area contributed by atoms with Gasteiger partial charge in [0.05, 0.1) is 35.4 Å². The summed E-state index contributed by atoms with van der Waals surface area (Å²) in [5, 5.41) is 24.4. The Morgan fingerprint density at radius 2 is 1.68 bits per heavy atom. The van der Waals surface area contributed by atoms with Crippen LogP contribution in [0.3, 0.4) is 0 Å². The molecule has 7 heteroatoms. The van der Waals surface area contributed by atoms with E-state index in [9.17, 15) is 19.8 Å². The van der Waals surface area contributed by atoms with Gasteiger partial charge in [0.25, 0.3) is 11.8 Å². The molecule has 1 aromatic heterocycles. The Morgan fingerprint density at radius 1 is 0.927 bits per heavy atom. The molecule has 3 unspecified atom stereocenters. The smallest absolute Gasteiger partial charge is 0.261 e. The molecule has 5 aliphatic rings. The first kappa shape index (κ1) is 27.4. The van der Waals surface area contributed by atoms with Crippen LogP contribution < -0.4 is 0 Å². The number of nitrogens with zero attached hydrogens (tertiary/aromatic N) is 1.